The number of amides is 1. The number of sulfone groups is 1. The lowest BCUT2D eigenvalue weighted by atomic mass is 10.1. The molecule has 0 aliphatic rings. The van der Waals surface area contributed by atoms with E-state index in [4.69, 9.17) is 21.1 Å². The van der Waals surface area contributed by atoms with Crippen LogP contribution in [0.2, 0.25) is 5.02 Å². The molecule has 0 saturated heterocycles. The molecule has 3 aromatic carbocycles. The first-order valence-electron chi connectivity index (χ1n) is 17.6. The lowest BCUT2D eigenvalue weighted by Gasteiger charge is -2.13. The number of esters is 1. The van der Waals surface area contributed by atoms with Crippen LogP contribution in [0.5, 0.6) is 5.88 Å². The maximum Gasteiger partial charge on any atom is 0.310 e. The first-order valence-corrected chi connectivity index (χ1v) is 19.5. The fourth-order valence-corrected chi connectivity index (χ4v) is 6.71. The number of unbranched alkanes of at least 4 members (excludes halogenated alkanes) is 7. The number of halogens is 1. The van der Waals surface area contributed by atoms with Crippen molar-refractivity contribution in [2.45, 2.75) is 67.7 Å². The maximum absolute atomic E-state index is 12.8. The number of aromatic nitrogens is 4. The highest BCUT2D eigenvalue weighted by molar-refractivity contribution is 7.91. The van der Waals surface area contributed by atoms with Crippen LogP contribution in [0.3, 0.4) is 0 Å². The summed E-state index contributed by atoms with van der Waals surface area (Å²) in [4.78, 5) is 33.5. The summed E-state index contributed by atoms with van der Waals surface area (Å²) in [7, 11) is -2.31. The van der Waals surface area contributed by atoms with Crippen molar-refractivity contribution in [3.63, 3.8) is 0 Å². The molecule has 5 aromatic rings. The molecule has 16 heteroatoms. The van der Waals surface area contributed by atoms with Gasteiger partial charge in [0, 0.05) is 12.7 Å². The first-order chi connectivity index (χ1) is 26.2. The highest BCUT2D eigenvalue weighted by atomic mass is 35.5. The topological polar surface area (TPSA) is 188 Å². The molecule has 284 valence electrons. The Morgan fingerprint density at radius 1 is 0.796 bits per heavy atom. The zero-order valence-corrected chi connectivity index (χ0v) is 31.4. The van der Waals surface area contributed by atoms with Gasteiger partial charge in [0.2, 0.25) is 15.8 Å². The molecular formula is C38H42ClN7O7S. The molecule has 3 N–H and O–H groups in total. The molecule has 2 aromatic heterocycles. The van der Waals surface area contributed by atoms with Gasteiger partial charge in [0.15, 0.2) is 5.82 Å². The summed E-state index contributed by atoms with van der Waals surface area (Å²) in [5.74, 6) is -0.0101. The Hall–Kier alpha value is -5.54. The second-order valence-electron chi connectivity index (χ2n) is 12.2. The van der Waals surface area contributed by atoms with Gasteiger partial charge in [-0.15, -0.1) is 0 Å². The Bertz CT molecular complexity index is 2080. The van der Waals surface area contributed by atoms with Crippen molar-refractivity contribution < 1.29 is 32.1 Å². The number of benzene rings is 3. The number of nitrogens with one attached hydrogen (secondary N) is 3. The van der Waals surface area contributed by atoms with Gasteiger partial charge in [-0.05, 0) is 65.1 Å². The third-order valence-corrected chi connectivity index (χ3v) is 10.2. The molecule has 0 unspecified atom stereocenters. The second kappa shape index (κ2) is 20.1. The van der Waals surface area contributed by atoms with E-state index in [1.54, 1.807) is 49.5 Å². The SMILES string of the molecule is CNC(=O)c1ccccc1Nc1nc(Nc2ccc(CC(=O)OCCCCCCCCCCOc3nonc3S(=O)(=O)c3ccccc3)cc2)ncc1Cl. The highest BCUT2D eigenvalue weighted by Crippen LogP contribution is 2.28. The third kappa shape index (κ3) is 11.5. The van der Waals surface area contributed by atoms with Gasteiger partial charge in [-0.25, -0.2) is 18.0 Å². The monoisotopic (exact) mass is 775 g/mol. The fraction of sp³-hybridized carbons (Fsp3) is 0.316. The van der Waals surface area contributed by atoms with Gasteiger partial charge in [0.05, 0.1) is 42.0 Å². The van der Waals surface area contributed by atoms with Crippen LogP contribution >= 0.6 is 11.6 Å². The molecular weight excluding hydrogens is 734 g/mol. The van der Waals surface area contributed by atoms with Crippen molar-refractivity contribution in [3.05, 3.63) is 101 Å². The quantitative estimate of drug-likeness (QED) is 0.0492. The summed E-state index contributed by atoms with van der Waals surface area (Å²) in [6.45, 7) is 0.695. The van der Waals surface area contributed by atoms with Gasteiger partial charge < -0.3 is 25.4 Å². The second-order valence-corrected chi connectivity index (χ2v) is 14.5. The minimum absolute atomic E-state index is 0.0984. The fourth-order valence-electron chi connectivity index (χ4n) is 5.38. The Balaban J connectivity index is 0.921. The summed E-state index contributed by atoms with van der Waals surface area (Å²) in [5, 5.41) is 16.0. The zero-order valence-electron chi connectivity index (χ0n) is 29.8. The smallest absolute Gasteiger partial charge is 0.310 e. The lowest BCUT2D eigenvalue weighted by Crippen LogP contribution is -2.19. The van der Waals surface area contributed by atoms with E-state index in [1.807, 2.05) is 24.3 Å². The highest BCUT2D eigenvalue weighted by Gasteiger charge is 2.28. The summed E-state index contributed by atoms with van der Waals surface area (Å²) in [5.41, 5.74) is 2.53. The van der Waals surface area contributed by atoms with E-state index in [-0.39, 0.29) is 39.1 Å². The van der Waals surface area contributed by atoms with Crippen LogP contribution in [0.4, 0.5) is 23.1 Å². The summed E-state index contributed by atoms with van der Waals surface area (Å²) in [6.07, 6.45) is 9.31. The third-order valence-electron chi connectivity index (χ3n) is 8.23. The molecule has 54 heavy (non-hydrogen) atoms. The van der Waals surface area contributed by atoms with Crippen LogP contribution in [0.1, 0.15) is 67.3 Å². The van der Waals surface area contributed by atoms with E-state index in [0.29, 0.717) is 41.9 Å². The lowest BCUT2D eigenvalue weighted by molar-refractivity contribution is -0.142. The van der Waals surface area contributed by atoms with Gasteiger partial charge in [-0.1, -0.05) is 92.6 Å². The Morgan fingerprint density at radius 3 is 2.19 bits per heavy atom. The van der Waals surface area contributed by atoms with Gasteiger partial charge >= 0.3 is 5.97 Å². The predicted octanol–water partition coefficient (Wildman–Crippen LogP) is 7.48. The van der Waals surface area contributed by atoms with E-state index in [1.165, 1.54) is 18.3 Å². The number of hydrogen-bond donors (Lipinski definition) is 3. The summed E-state index contributed by atoms with van der Waals surface area (Å²) in [6, 6.07) is 22.3. The van der Waals surface area contributed by atoms with E-state index in [2.05, 4.69) is 40.9 Å². The molecule has 0 atom stereocenters. The molecule has 0 aliphatic carbocycles. The minimum atomic E-state index is -3.87. The van der Waals surface area contributed by atoms with Crippen LogP contribution in [0, 0.1) is 0 Å². The molecule has 5 rings (SSSR count). The molecule has 0 saturated carbocycles. The Morgan fingerprint density at radius 2 is 1.46 bits per heavy atom. The molecule has 0 spiro atoms. The molecule has 2 heterocycles. The van der Waals surface area contributed by atoms with Crippen molar-refractivity contribution in [2.24, 2.45) is 0 Å². The van der Waals surface area contributed by atoms with Gasteiger partial charge in [0.25, 0.3) is 16.8 Å². The van der Waals surface area contributed by atoms with Crippen LogP contribution in [-0.2, 0) is 25.8 Å². The minimum Gasteiger partial charge on any atom is -0.473 e. The van der Waals surface area contributed by atoms with Crippen molar-refractivity contribution in [1.29, 1.82) is 0 Å². The van der Waals surface area contributed by atoms with E-state index < -0.39 is 9.84 Å². The average molecular weight is 776 g/mol. The molecule has 14 nitrogen and oxygen atoms in total. The number of ether oxygens (including phenoxy) is 2. The van der Waals surface area contributed by atoms with Crippen LogP contribution in [0.25, 0.3) is 0 Å². The number of carbonyl (C=O) groups is 2. The average Bonchev–Trinajstić information content (AvgIpc) is 3.67. The van der Waals surface area contributed by atoms with E-state index in [9.17, 15) is 18.0 Å². The first kappa shape index (κ1) is 39.7. The molecule has 1 amide bonds. The number of anilines is 4. The molecule has 0 fully saturated rings. The number of carbonyl (C=O) groups excluding carboxylic acids is 2. The van der Waals surface area contributed by atoms with Gasteiger partial charge in [-0.2, -0.15) is 4.98 Å². The summed E-state index contributed by atoms with van der Waals surface area (Å²) >= 11 is 6.33. The van der Waals surface area contributed by atoms with E-state index in [0.717, 1.165) is 56.9 Å². The van der Waals surface area contributed by atoms with Crippen LogP contribution in [0.15, 0.2) is 99.6 Å². The van der Waals surface area contributed by atoms with Crippen LogP contribution in [-0.4, -0.2) is 60.8 Å². The van der Waals surface area contributed by atoms with Crippen LogP contribution < -0.4 is 20.7 Å². The predicted molar refractivity (Wildman–Crippen MR) is 203 cm³/mol. The number of nitrogens with zero attached hydrogens (tertiary/aromatic N) is 4. The Labute approximate surface area is 318 Å². The molecule has 0 bridgehead atoms. The maximum atomic E-state index is 12.8. The van der Waals surface area contributed by atoms with Crippen molar-refractivity contribution in [2.75, 3.05) is 30.9 Å². The largest absolute Gasteiger partial charge is 0.473 e. The molecule has 0 radical (unpaired) electrons. The van der Waals surface area contributed by atoms with Crippen molar-refractivity contribution in [3.8, 4) is 5.88 Å². The van der Waals surface area contributed by atoms with Gasteiger partial charge in [0.1, 0.15) is 5.02 Å². The number of hydrogen-bond acceptors (Lipinski definition) is 13. The number of rotatable bonds is 21. The zero-order chi connectivity index (χ0) is 38.2. The van der Waals surface area contributed by atoms with Gasteiger partial charge in [-0.3, -0.25) is 9.59 Å². The molecule has 0 aliphatic heterocycles. The van der Waals surface area contributed by atoms with Crippen molar-refractivity contribution in [1.82, 2.24) is 25.6 Å². The number of para-hydroxylation sites is 1. The standard InChI is InChI=1S/C38H42ClN7O7S/c1-40-35(48)30-17-11-12-18-32(30)43-34-31(39)26-41-38(44-34)42-28-21-19-27(20-22-28)25-33(47)51-23-13-6-4-2-3-5-7-14-24-52-36-37(46-53-45-36)54(49,50)29-15-9-8-10-16-29/h8-12,15-22,26H,2-7,13-14,23-25H2,1H3,(H,40,48)(H2,41,42,43,44). The normalized spacial score (nSPS) is 11.1. The van der Waals surface area contributed by atoms with E-state index >= 15 is 0 Å². The summed E-state index contributed by atoms with van der Waals surface area (Å²) < 4.78 is 41.2. The van der Waals surface area contributed by atoms with Crippen molar-refractivity contribution >= 4 is 56.5 Å². The Kier molecular flexibility index (Phi) is 14.7.